The fraction of sp³-hybridized carbons (Fsp3) is 0.0667. The molecule has 0 fully saturated rings. The van der Waals surface area contributed by atoms with Crippen molar-refractivity contribution in [3.8, 4) is 23.7 Å². The van der Waals surface area contributed by atoms with Crippen molar-refractivity contribution in [2.45, 2.75) is 0 Å². The van der Waals surface area contributed by atoms with Crippen LogP contribution in [-0.4, -0.2) is 21.6 Å². The van der Waals surface area contributed by atoms with Gasteiger partial charge in [-0.3, -0.25) is 4.57 Å². The van der Waals surface area contributed by atoms with Gasteiger partial charge in [-0.05, 0) is 23.6 Å². The average molecular weight is 275 g/mol. The summed E-state index contributed by atoms with van der Waals surface area (Å²) in [6, 6.07) is 11.4. The van der Waals surface area contributed by atoms with Crippen LogP contribution in [0.4, 0.5) is 0 Å². The predicted molar refractivity (Wildman–Crippen MR) is 74.8 cm³/mol. The van der Waals surface area contributed by atoms with E-state index >= 15 is 0 Å². The molecular formula is C15H9N5O. The third kappa shape index (κ3) is 1.96. The van der Waals surface area contributed by atoms with Gasteiger partial charge in [-0.25, -0.2) is 9.97 Å². The van der Waals surface area contributed by atoms with E-state index < -0.39 is 0 Å². The first-order valence-corrected chi connectivity index (χ1v) is 6.09. The molecule has 2 heterocycles. The number of ether oxygens (including phenoxy) is 1. The van der Waals surface area contributed by atoms with Crippen molar-refractivity contribution in [2.24, 2.45) is 0 Å². The van der Waals surface area contributed by atoms with Crippen LogP contribution in [0.2, 0.25) is 0 Å². The van der Waals surface area contributed by atoms with Gasteiger partial charge in [-0.15, -0.1) is 0 Å². The summed E-state index contributed by atoms with van der Waals surface area (Å²) in [7, 11) is 1.59. The minimum atomic E-state index is 0.0826. The highest BCUT2D eigenvalue weighted by atomic mass is 16.5. The molecule has 6 heteroatoms. The zero-order valence-corrected chi connectivity index (χ0v) is 11.1. The van der Waals surface area contributed by atoms with E-state index in [0.717, 1.165) is 10.8 Å². The third-order valence-electron chi connectivity index (χ3n) is 3.16. The minimum absolute atomic E-state index is 0.0826. The van der Waals surface area contributed by atoms with Crippen LogP contribution in [0, 0.1) is 22.7 Å². The summed E-state index contributed by atoms with van der Waals surface area (Å²) in [6.07, 6.45) is 3.08. The molecule has 0 radical (unpaired) electrons. The summed E-state index contributed by atoms with van der Waals surface area (Å²) < 4.78 is 6.74. The second-order valence-electron chi connectivity index (χ2n) is 4.26. The quantitative estimate of drug-likeness (QED) is 0.715. The number of pyridine rings is 1. The summed E-state index contributed by atoms with van der Waals surface area (Å²) in [4.78, 5) is 8.26. The maximum Gasteiger partial charge on any atom is 0.177 e. The van der Waals surface area contributed by atoms with E-state index in [4.69, 9.17) is 10.00 Å². The summed E-state index contributed by atoms with van der Waals surface area (Å²) in [5.41, 5.74) is 0.250. The Morgan fingerprint density at radius 3 is 2.71 bits per heavy atom. The second-order valence-corrected chi connectivity index (χ2v) is 4.26. The van der Waals surface area contributed by atoms with E-state index in [1.54, 1.807) is 13.3 Å². The van der Waals surface area contributed by atoms with Crippen LogP contribution in [0.15, 0.2) is 36.8 Å². The third-order valence-corrected chi connectivity index (χ3v) is 3.16. The van der Waals surface area contributed by atoms with Gasteiger partial charge in [0.2, 0.25) is 0 Å². The van der Waals surface area contributed by atoms with Gasteiger partial charge in [-0.2, -0.15) is 10.5 Å². The van der Waals surface area contributed by atoms with Crippen LogP contribution in [0.5, 0.6) is 5.75 Å². The van der Waals surface area contributed by atoms with Crippen LogP contribution in [0.3, 0.4) is 0 Å². The summed E-state index contributed by atoms with van der Waals surface area (Å²) in [5, 5.41) is 20.0. The number of rotatable bonds is 2. The largest absolute Gasteiger partial charge is 0.497 e. The fourth-order valence-corrected chi connectivity index (χ4v) is 2.15. The molecule has 3 aromatic rings. The van der Waals surface area contributed by atoms with Gasteiger partial charge in [0.1, 0.15) is 30.0 Å². The van der Waals surface area contributed by atoms with E-state index in [-0.39, 0.29) is 11.4 Å². The zero-order chi connectivity index (χ0) is 14.8. The van der Waals surface area contributed by atoms with Crippen LogP contribution in [0.25, 0.3) is 16.6 Å². The first-order chi connectivity index (χ1) is 10.3. The number of nitrogens with zero attached hydrogens (tertiary/aromatic N) is 5. The molecule has 100 valence electrons. The highest BCUT2D eigenvalue weighted by molar-refractivity contribution is 5.89. The van der Waals surface area contributed by atoms with Gasteiger partial charge in [0.25, 0.3) is 0 Å². The lowest BCUT2D eigenvalue weighted by Gasteiger charge is -2.08. The van der Waals surface area contributed by atoms with Gasteiger partial charge in [-0.1, -0.05) is 6.07 Å². The molecule has 1 aromatic carbocycles. The van der Waals surface area contributed by atoms with Crippen molar-refractivity contribution >= 4 is 10.8 Å². The SMILES string of the molecule is COc1ccc2ccnc(-n3cnc(C#N)c3C#N)c2c1. The van der Waals surface area contributed by atoms with Crippen LogP contribution in [-0.2, 0) is 0 Å². The van der Waals surface area contributed by atoms with Crippen molar-refractivity contribution in [2.75, 3.05) is 7.11 Å². The highest BCUT2D eigenvalue weighted by Gasteiger charge is 2.14. The first kappa shape index (κ1) is 12.6. The molecule has 0 bridgehead atoms. The van der Waals surface area contributed by atoms with E-state index in [2.05, 4.69) is 9.97 Å². The molecule has 21 heavy (non-hydrogen) atoms. The van der Waals surface area contributed by atoms with E-state index in [0.29, 0.717) is 11.6 Å². The lowest BCUT2D eigenvalue weighted by molar-refractivity contribution is 0.415. The first-order valence-electron chi connectivity index (χ1n) is 6.09. The van der Waals surface area contributed by atoms with E-state index in [1.165, 1.54) is 10.9 Å². The molecule has 6 nitrogen and oxygen atoms in total. The normalized spacial score (nSPS) is 10.0. The Labute approximate surface area is 120 Å². The van der Waals surface area contributed by atoms with Gasteiger partial charge in [0.05, 0.1) is 7.11 Å². The van der Waals surface area contributed by atoms with Gasteiger partial charge in [0.15, 0.2) is 11.4 Å². The van der Waals surface area contributed by atoms with Crippen LogP contribution in [0.1, 0.15) is 11.4 Å². The molecule has 3 rings (SSSR count). The molecule has 0 aliphatic rings. The Morgan fingerprint density at radius 2 is 2.00 bits per heavy atom. The average Bonchev–Trinajstić information content (AvgIpc) is 2.96. The summed E-state index contributed by atoms with van der Waals surface area (Å²) in [6.45, 7) is 0. The molecule has 0 atom stereocenters. The second kappa shape index (κ2) is 4.95. The van der Waals surface area contributed by atoms with E-state index in [1.807, 2.05) is 36.4 Å². The molecular weight excluding hydrogens is 266 g/mol. The van der Waals surface area contributed by atoms with Crippen molar-refractivity contribution in [3.05, 3.63) is 48.2 Å². The standard InChI is InChI=1S/C15H9N5O/c1-21-11-3-2-10-4-5-18-15(12(10)6-11)20-9-19-13(7-16)14(20)8-17/h2-6,9H,1H3. The Balaban J connectivity index is 2.33. The molecule has 0 aliphatic heterocycles. The molecule has 0 unspecified atom stereocenters. The van der Waals surface area contributed by atoms with Crippen LogP contribution >= 0.6 is 0 Å². The molecule has 0 aliphatic carbocycles. The fourth-order valence-electron chi connectivity index (χ4n) is 2.15. The van der Waals surface area contributed by atoms with E-state index in [9.17, 15) is 5.26 Å². The van der Waals surface area contributed by atoms with Gasteiger partial charge < -0.3 is 4.74 Å². The molecule has 0 spiro atoms. The van der Waals surface area contributed by atoms with Crippen molar-refractivity contribution in [1.82, 2.24) is 14.5 Å². The summed E-state index contributed by atoms with van der Waals surface area (Å²) >= 11 is 0. The molecule has 0 amide bonds. The molecule has 2 aromatic heterocycles. The Morgan fingerprint density at radius 1 is 1.14 bits per heavy atom. The van der Waals surface area contributed by atoms with Gasteiger partial charge in [0, 0.05) is 11.6 Å². The van der Waals surface area contributed by atoms with Crippen molar-refractivity contribution in [1.29, 1.82) is 10.5 Å². The Hall–Kier alpha value is -3.38. The minimum Gasteiger partial charge on any atom is -0.497 e. The molecule has 0 N–H and O–H groups in total. The van der Waals surface area contributed by atoms with Crippen molar-refractivity contribution < 1.29 is 4.74 Å². The zero-order valence-electron chi connectivity index (χ0n) is 11.1. The number of aromatic nitrogens is 3. The number of hydrogen-bond acceptors (Lipinski definition) is 5. The number of nitriles is 2. The topological polar surface area (TPSA) is 87.5 Å². The number of imidazole rings is 1. The monoisotopic (exact) mass is 275 g/mol. The van der Waals surface area contributed by atoms with Crippen molar-refractivity contribution in [3.63, 3.8) is 0 Å². The van der Waals surface area contributed by atoms with Crippen LogP contribution < -0.4 is 4.74 Å². The lowest BCUT2D eigenvalue weighted by Crippen LogP contribution is -2.00. The number of hydrogen-bond donors (Lipinski definition) is 0. The Bertz CT molecular complexity index is 914. The maximum absolute atomic E-state index is 9.24. The predicted octanol–water partition coefficient (Wildman–Crippen LogP) is 2.17. The lowest BCUT2D eigenvalue weighted by atomic mass is 10.1. The smallest absolute Gasteiger partial charge is 0.177 e. The maximum atomic E-state index is 9.24. The van der Waals surface area contributed by atoms with Gasteiger partial charge >= 0.3 is 0 Å². The number of methoxy groups -OCH3 is 1. The Kier molecular flexibility index (Phi) is 2.98. The number of benzene rings is 1. The molecule has 0 saturated heterocycles. The summed E-state index contributed by atoms with van der Waals surface area (Å²) in [5.74, 6) is 1.23. The molecule has 0 saturated carbocycles. The highest BCUT2D eigenvalue weighted by Crippen LogP contribution is 2.26. The number of fused-ring (bicyclic) bond motifs is 1.